The van der Waals surface area contributed by atoms with Crippen LogP contribution in [-0.4, -0.2) is 78.7 Å². The number of hydrogen-bond acceptors (Lipinski definition) is 5. The van der Waals surface area contributed by atoms with Gasteiger partial charge in [-0.05, 0) is 82.3 Å². The number of carbonyl (C=O) groups is 2. The number of piperidine rings is 2. The number of carbonyl (C=O) groups excluding carboxylic acids is 1. The molecule has 212 valence electrons. The Bertz CT molecular complexity index is 775. The summed E-state index contributed by atoms with van der Waals surface area (Å²) in [5.41, 5.74) is 1.16. The quantitative estimate of drug-likeness (QED) is 0.340. The number of nitrogens with one attached hydrogen (secondary N) is 1. The molecule has 0 radical (unpaired) electrons. The number of likely N-dealkylation sites (tertiary alicyclic amines) is 2. The number of hydrogen-bond donors (Lipinski definition) is 2. The van der Waals surface area contributed by atoms with Crippen molar-refractivity contribution in [3.05, 3.63) is 29.8 Å². The molecule has 37 heavy (non-hydrogen) atoms. The number of ether oxygens (including phenoxy) is 1. The van der Waals surface area contributed by atoms with Crippen LogP contribution in [0.4, 0.5) is 0 Å². The number of carboxylic acids is 1. The molecule has 9 heteroatoms. The van der Waals surface area contributed by atoms with Crippen molar-refractivity contribution in [2.45, 2.75) is 77.2 Å². The molecule has 1 aromatic carbocycles. The maximum atomic E-state index is 13.3. The molecule has 1 aromatic rings. The Hall–Kier alpha value is -1.54. The van der Waals surface area contributed by atoms with E-state index in [1.807, 2.05) is 12.1 Å². The predicted molar refractivity (Wildman–Crippen MR) is 153 cm³/mol. The second kappa shape index (κ2) is 18.7. The second-order valence-electron chi connectivity index (χ2n) is 10.2. The fourth-order valence-electron chi connectivity index (χ4n) is 5.35. The minimum absolute atomic E-state index is 0. The van der Waals surface area contributed by atoms with E-state index < -0.39 is 5.97 Å². The van der Waals surface area contributed by atoms with Gasteiger partial charge < -0.3 is 20.1 Å². The molecule has 2 fully saturated rings. The molecular formula is C28H47Cl2N3O4. The SMILES string of the molecule is CCCOc1ccc(CC(CN2CCCCC2)C(=O)NCCC2CCCCN2CCC(=O)O)cc1.Cl.Cl. The number of halogens is 2. The fraction of sp³-hybridized carbons (Fsp3) is 0.714. The van der Waals surface area contributed by atoms with Gasteiger partial charge in [-0.25, -0.2) is 0 Å². The van der Waals surface area contributed by atoms with Crippen LogP contribution in [0.3, 0.4) is 0 Å². The summed E-state index contributed by atoms with van der Waals surface area (Å²) in [6, 6.07) is 8.55. The molecule has 0 bridgehead atoms. The summed E-state index contributed by atoms with van der Waals surface area (Å²) in [6.45, 7) is 7.98. The molecule has 2 atom stereocenters. The highest BCUT2D eigenvalue weighted by Crippen LogP contribution is 2.21. The molecule has 2 N–H and O–H groups in total. The van der Waals surface area contributed by atoms with Gasteiger partial charge in [-0.2, -0.15) is 0 Å². The lowest BCUT2D eigenvalue weighted by Gasteiger charge is -2.35. The lowest BCUT2D eigenvalue weighted by Crippen LogP contribution is -2.45. The highest BCUT2D eigenvalue weighted by Gasteiger charge is 2.25. The van der Waals surface area contributed by atoms with E-state index in [2.05, 4.69) is 34.2 Å². The van der Waals surface area contributed by atoms with E-state index in [-0.39, 0.29) is 43.1 Å². The number of amides is 1. The van der Waals surface area contributed by atoms with E-state index in [0.29, 0.717) is 25.7 Å². The highest BCUT2D eigenvalue weighted by atomic mass is 35.5. The third-order valence-corrected chi connectivity index (χ3v) is 7.32. The van der Waals surface area contributed by atoms with Crippen molar-refractivity contribution >= 4 is 36.7 Å². The Kier molecular flexibility index (Phi) is 16.9. The van der Waals surface area contributed by atoms with Gasteiger partial charge in [-0.15, -0.1) is 24.8 Å². The Morgan fingerprint density at radius 1 is 1.05 bits per heavy atom. The zero-order valence-corrected chi connectivity index (χ0v) is 24.0. The van der Waals surface area contributed by atoms with E-state index in [1.54, 1.807) is 0 Å². The topological polar surface area (TPSA) is 82.1 Å². The van der Waals surface area contributed by atoms with Gasteiger partial charge in [0.2, 0.25) is 5.91 Å². The molecule has 0 aromatic heterocycles. The molecule has 2 heterocycles. The monoisotopic (exact) mass is 559 g/mol. The van der Waals surface area contributed by atoms with Crippen molar-refractivity contribution in [3.8, 4) is 5.75 Å². The van der Waals surface area contributed by atoms with Crippen molar-refractivity contribution in [1.82, 2.24) is 15.1 Å². The standard InChI is InChI=1S/C28H45N3O4.2ClH/c1-2-20-35-26-11-9-23(10-12-26)21-24(22-30-16-5-3-6-17-30)28(34)29-15-13-25-8-4-7-18-31(25)19-14-27(32)33;;/h9-12,24-25H,2-8,13-22H2,1H3,(H,29,34)(H,32,33);2*1H. The molecule has 2 aliphatic rings. The van der Waals surface area contributed by atoms with Crippen molar-refractivity contribution in [3.63, 3.8) is 0 Å². The number of carboxylic acid groups (broad SMARTS) is 1. The maximum absolute atomic E-state index is 13.3. The first kappa shape index (κ1) is 33.5. The Morgan fingerprint density at radius 3 is 2.43 bits per heavy atom. The minimum Gasteiger partial charge on any atom is -0.494 e. The van der Waals surface area contributed by atoms with Crippen LogP contribution in [0.2, 0.25) is 0 Å². The number of aliphatic carboxylic acids is 1. The predicted octanol–water partition coefficient (Wildman–Crippen LogP) is 4.80. The smallest absolute Gasteiger partial charge is 0.304 e. The lowest BCUT2D eigenvalue weighted by atomic mass is 9.96. The Balaban J connectivity index is 0.00000342. The third-order valence-electron chi connectivity index (χ3n) is 7.32. The summed E-state index contributed by atoms with van der Waals surface area (Å²) >= 11 is 0. The average Bonchev–Trinajstić information content (AvgIpc) is 2.87. The van der Waals surface area contributed by atoms with Crippen LogP contribution in [0.1, 0.15) is 70.3 Å². The summed E-state index contributed by atoms with van der Waals surface area (Å²) in [5, 5.41) is 12.3. The summed E-state index contributed by atoms with van der Waals surface area (Å²) < 4.78 is 5.71. The minimum atomic E-state index is -0.742. The number of benzene rings is 1. The molecule has 0 saturated carbocycles. The van der Waals surface area contributed by atoms with Gasteiger partial charge in [0.1, 0.15) is 5.75 Å². The summed E-state index contributed by atoms with van der Waals surface area (Å²) in [7, 11) is 0. The van der Waals surface area contributed by atoms with Crippen LogP contribution in [0, 0.1) is 5.92 Å². The van der Waals surface area contributed by atoms with Gasteiger partial charge in [0.15, 0.2) is 0 Å². The number of rotatable bonds is 14. The Morgan fingerprint density at radius 2 is 1.76 bits per heavy atom. The summed E-state index contributed by atoms with van der Waals surface area (Å²) in [5.74, 6) is 0.195. The van der Waals surface area contributed by atoms with Crippen LogP contribution in [0.5, 0.6) is 5.75 Å². The molecular weight excluding hydrogens is 513 g/mol. The second-order valence-corrected chi connectivity index (χ2v) is 10.2. The zero-order valence-electron chi connectivity index (χ0n) is 22.4. The molecule has 2 saturated heterocycles. The van der Waals surface area contributed by atoms with Crippen LogP contribution < -0.4 is 10.1 Å². The van der Waals surface area contributed by atoms with E-state index in [4.69, 9.17) is 9.84 Å². The molecule has 3 rings (SSSR count). The first-order valence-electron chi connectivity index (χ1n) is 13.7. The van der Waals surface area contributed by atoms with Crippen molar-refractivity contribution in [2.24, 2.45) is 5.92 Å². The van der Waals surface area contributed by atoms with Gasteiger partial charge in [0.05, 0.1) is 18.9 Å². The van der Waals surface area contributed by atoms with Gasteiger partial charge >= 0.3 is 5.97 Å². The number of nitrogens with zero attached hydrogens (tertiary/aromatic N) is 2. The fourth-order valence-corrected chi connectivity index (χ4v) is 5.35. The van der Waals surface area contributed by atoms with Crippen LogP contribution in [-0.2, 0) is 16.0 Å². The third kappa shape index (κ3) is 12.2. The largest absolute Gasteiger partial charge is 0.494 e. The average molecular weight is 561 g/mol. The normalized spacial score (nSPS) is 19.2. The van der Waals surface area contributed by atoms with Gasteiger partial charge in [-0.1, -0.05) is 31.9 Å². The van der Waals surface area contributed by atoms with Crippen molar-refractivity contribution < 1.29 is 19.4 Å². The van der Waals surface area contributed by atoms with Gasteiger partial charge in [-0.3, -0.25) is 14.5 Å². The molecule has 1 amide bonds. The summed E-state index contributed by atoms with van der Waals surface area (Å²) in [4.78, 5) is 29.1. The van der Waals surface area contributed by atoms with Crippen LogP contribution in [0.15, 0.2) is 24.3 Å². The lowest BCUT2D eigenvalue weighted by molar-refractivity contribution is -0.137. The van der Waals surface area contributed by atoms with E-state index >= 15 is 0 Å². The molecule has 0 aliphatic carbocycles. The summed E-state index contributed by atoms with van der Waals surface area (Å²) in [6.07, 6.45) is 9.88. The molecule has 7 nitrogen and oxygen atoms in total. The highest BCUT2D eigenvalue weighted by molar-refractivity contribution is 5.85. The first-order valence-corrected chi connectivity index (χ1v) is 13.7. The maximum Gasteiger partial charge on any atom is 0.304 e. The first-order chi connectivity index (χ1) is 17.0. The van der Waals surface area contributed by atoms with E-state index in [1.165, 1.54) is 25.7 Å². The van der Waals surface area contributed by atoms with Crippen LogP contribution in [0.25, 0.3) is 0 Å². The Labute approximate surface area is 235 Å². The molecule has 2 unspecified atom stereocenters. The molecule has 0 spiro atoms. The molecule has 2 aliphatic heterocycles. The van der Waals surface area contributed by atoms with Crippen molar-refractivity contribution in [1.29, 1.82) is 0 Å². The van der Waals surface area contributed by atoms with E-state index in [0.717, 1.165) is 69.6 Å². The van der Waals surface area contributed by atoms with Crippen molar-refractivity contribution in [2.75, 3.05) is 45.9 Å². The van der Waals surface area contributed by atoms with Gasteiger partial charge in [0, 0.05) is 25.7 Å². The van der Waals surface area contributed by atoms with Crippen LogP contribution >= 0.6 is 24.8 Å². The van der Waals surface area contributed by atoms with Gasteiger partial charge in [0.25, 0.3) is 0 Å². The zero-order chi connectivity index (χ0) is 24.9. The van der Waals surface area contributed by atoms with E-state index in [9.17, 15) is 9.59 Å².